The summed E-state index contributed by atoms with van der Waals surface area (Å²) >= 11 is 1.41. The van der Waals surface area contributed by atoms with Gasteiger partial charge in [0, 0.05) is 0 Å². The smallest absolute Gasteiger partial charge is 0.337 e. The number of rotatable bonds is 4. The predicted octanol–water partition coefficient (Wildman–Crippen LogP) is 2.42. The fourth-order valence-corrected chi connectivity index (χ4v) is 3.91. The molecule has 0 radical (unpaired) electrons. The quantitative estimate of drug-likeness (QED) is 0.934. The minimum Gasteiger partial charge on any atom is -0.478 e. The third-order valence-electron chi connectivity index (χ3n) is 2.39. The third-order valence-corrected chi connectivity index (χ3v) is 4.86. The summed E-state index contributed by atoms with van der Waals surface area (Å²) in [5.41, 5.74) is 0.480. The molecule has 0 unspecified atom stereocenters. The van der Waals surface area contributed by atoms with Crippen LogP contribution in [-0.2, 0) is 15.6 Å². The molecule has 2 rings (SSSR count). The molecular formula is C12H10O4S2. The summed E-state index contributed by atoms with van der Waals surface area (Å²) in [4.78, 5) is 10.9. The van der Waals surface area contributed by atoms with Crippen LogP contribution in [0, 0.1) is 0 Å². The van der Waals surface area contributed by atoms with E-state index in [1.54, 1.807) is 16.8 Å². The van der Waals surface area contributed by atoms with Crippen LogP contribution in [0.3, 0.4) is 0 Å². The van der Waals surface area contributed by atoms with Gasteiger partial charge in [0.15, 0.2) is 9.84 Å². The van der Waals surface area contributed by atoms with E-state index in [0.717, 1.165) is 0 Å². The Balaban J connectivity index is 2.45. The molecule has 0 aliphatic carbocycles. The van der Waals surface area contributed by atoms with Gasteiger partial charge in [-0.15, -0.1) is 0 Å². The first-order valence-corrected chi connectivity index (χ1v) is 7.66. The summed E-state index contributed by atoms with van der Waals surface area (Å²) < 4.78 is 24.3. The number of aromatic carboxylic acids is 1. The first kappa shape index (κ1) is 12.8. The van der Waals surface area contributed by atoms with Gasteiger partial charge in [0.25, 0.3) is 0 Å². The zero-order valence-electron chi connectivity index (χ0n) is 9.24. The molecule has 0 bridgehead atoms. The molecule has 0 aliphatic rings. The van der Waals surface area contributed by atoms with E-state index in [9.17, 15) is 13.2 Å². The molecule has 0 aliphatic heterocycles. The average molecular weight is 282 g/mol. The summed E-state index contributed by atoms with van der Waals surface area (Å²) in [5, 5.41) is 12.5. The SMILES string of the molecule is O=C(O)c1ccccc1S(=O)(=O)Cc1ccsc1. The first-order chi connectivity index (χ1) is 8.50. The van der Waals surface area contributed by atoms with Crippen molar-refractivity contribution in [2.24, 2.45) is 0 Å². The number of carboxylic acids is 1. The van der Waals surface area contributed by atoms with E-state index in [1.165, 1.54) is 35.6 Å². The molecule has 0 atom stereocenters. The number of thiophene rings is 1. The van der Waals surface area contributed by atoms with Gasteiger partial charge in [-0.3, -0.25) is 0 Å². The first-order valence-electron chi connectivity index (χ1n) is 5.07. The van der Waals surface area contributed by atoms with Gasteiger partial charge in [0.2, 0.25) is 0 Å². The van der Waals surface area contributed by atoms with Crippen LogP contribution in [0.15, 0.2) is 46.0 Å². The van der Waals surface area contributed by atoms with Crippen LogP contribution in [0.5, 0.6) is 0 Å². The van der Waals surface area contributed by atoms with Crippen molar-refractivity contribution in [3.8, 4) is 0 Å². The fourth-order valence-electron chi connectivity index (χ4n) is 1.59. The predicted molar refractivity (Wildman–Crippen MR) is 68.6 cm³/mol. The normalized spacial score (nSPS) is 11.3. The van der Waals surface area contributed by atoms with Crippen LogP contribution in [0.25, 0.3) is 0 Å². The number of carbonyl (C=O) groups is 1. The molecule has 0 fully saturated rings. The number of carboxylic acid groups (broad SMARTS) is 1. The van der Waals surface area contributed by atoms with Crippen molar-refractivity contribution in [1.82, 2.24) is 0 Å². The highest BCUT2D eigenvalue weighted by atomic mass is 32.2. The summed E-state index contributed by atoms with van der Waals surface area (Å²) in [6.45, 7) is 0. The molecule has 1 aromatic carbocycles. The van der Waals surface area contributed by atoms with Crippen LogP contribution in [0.4, 0.5) is 0 Å². The van der Waals surface area contributed by atoms with Crippen molar-refractivity contribution >= 4 is 27.1 Å². The van der Waals surface area contributed by atoms with Crippen LogP contribution in [-0.4, -0.2) is 19.5 Å². The maximum absolute atomic E-state index is 12.2. The van der Waals surface area contributed by atoms with Crippen molar-refractivity contribution in [2.75, 3.05) is 0 Å². The van der Waals surface area contributed by atoms with E-state index in [0.29, 0.717) is 5.56 Å². The van der Waals surface area contributed by atoms with Gasteiger partial charge in [0.1, 0.15) is 0 Å². The molecule has 0 saturated carbocycles. The van der Waals surface area contributed by atoms with Gasteiger partial charge >= 0.3 is 5.97 Å². The summed E-state index contributed by atoms with van der Waals surface area (Å²) in [6.07, 6.45) is 0. The van der Waals surface area contributed by atoms with Crippen molar-refractivity contribution in [2.45, 2.75) is 10.6 Å². The highest BCUT2D eigenvalue weighted by Crippen LogP contribution is 2.21. The van der Waals surface area contributed by atoms with Gasteiger partial charge in [-0.2, -0.15) is 11.3 Å². The lowest BCUT2D eigenvalue weighted by Crippen LogP contribution is -2.10. The van der Waals surface area contributed by atoms with Crippen LogP contribution >= 0.6 is 11.3 Å². The monoisotopic (exact) mass is 282 g/mol. The molecule has 4 nitrogen and oxygen atoms in total. The van der Waals surface area contributed by atoms with E-state index < -0.39 is 15.8 Å². The molecule has 1 heterocycles. The van der Waals surface area contributed by atoms with Crippen molar-refractivity contribution in [3.63, 3.8) is 0 Å². The lowest BCUT2D eigenvalue weighted by molar-refractivity contribution is 0.0692. The van der Waals surface area contributed by atoms with Gasteiger partial charge in [-0.25, -0.2) is 13.2 Å². The molecule has 0 saturated heterocycles. The van der Waals surface area contributed by atoms with E-state index in [2.05, 4.69) is 0 Å². The third kappa shape index (κ3) is 2.60. The maximum atomic E-state index is 12.2. The van der Waals surface area contributed by atoms with Crippen LogP contribution in [0.2, 0.25) is 0 Å². The highest BCUT2D eigenvalue weighted by Gasteiger charge is 2.22. The lowest BCUT2D eigenvalue weighted by atomic mass is 10.2. The van der Waals surface area contributed by atoms with E-state index in [1.807, 2.05) is 0 Å². The second-order valence-corrected chi connectivity index (χ2v) is 6.43. The van der Waals surface area contributed by atoms with Crippen molar-refractivity contribution in [1.29, 1.82) is 0 Å². The summed E-state index contributed by atoms with van der Waals surface area (Å²) in [7, 11) is -3.63. The van der Waals surface area contributed by atoms with E-state index in [4.69, 9.17) is 5.11 Å². The van der Waals surface area contributed by atoms with Gasteiger partial charge in [-0.1, -0.05) is 12.1 Å². The Morgan fingerprint density at radius 3 is 2.56 bits per heavy atom. The molecule has 1 aromatic heterocycles. The Morgan fingerprint density at radius 2 is 1.94 bits per heavy atom. The minimum absolute atomic E-state index is 0.135. The number of benzene rings is 1. The second-order valence-electron chi connectivity index (χ2n) is 3.69. The van der Waals surface area contributed by atoms with Crippen LogP contribution in [0.1, 0.15) is 15.9 Å². The zero-order valence-corrected chi connectivity index (χ0v) is 10.9. The standard InChI is InChI=1S/C12H10O4S2/c13-12(14)10-3-1-2-4-11(10)18(15,16)8-9-5-6-17-7-9/h1-7H,8H2,(H,13,14). The van der Waals surface area contributed by atoms with E-state index >= 15 is 0 Å². The number of sulfone groups is 1. The lowest BCUT2D eigenvalue weighted by Gasteiger charge is -2.06. The second kappa shape index (κ2) is 4.91. The van der Waals surface area contributed by atoms with Crippen molar-refractivity contribution in [3.05, 3.63) is 52.2 Å². The summed E-state index contributed by atoms with van der Waals surface area (Å²) in [5.74, 6) is -1.42. The highest BCUT2D eigenvalue weighted by molar-refractivity contribution is 7.90. The number of hydrogen-bond acceptors (Lipinski definition) is 4. The molecular weight excluding hydrogens is 272 g/mol. The average Bonchev–Trinajstić information content (AvgIpc) is 2.81. The molecule has 18 heavy (non-hydrogen) atoms. The number of hydrogen-bond donors (Lipinski definition) is 1. The molecule has 1 N–H and O–H groups in total. The molecule has 2 aromatic rings. The maximum Gasteiger partial charge on any atom is 0.337 e. The minimum atomic E-state index is -3.63. The molecule has 6 heteroatoms. The fraction of sp³-hybridized carbons (Fsp3) is 0.0833. The van der Waals surface area contributed by atoms with Gasteiger partial charge in [-0.05, 0) is 34.5 Å². The zero-order chi connectivity index (χ0) is 13.2. The molecule has 94 valence electrons. The van der Waals surface area contributed by atoms with Crippen molar-refractivity contribution < 1.29 is 18.3 Å². The summed E-state index contributed by atoms with van der Waals surface area (Å²) in [6, 6.07) is 7.36. The Hall–Kier alpha value is -1.66. The molecule has 0 amide bonds. The topological polar surface area (TPSA) is 71.4 Å². The molecule has 0 spiro atoms. The van der Waals surface area contributed by atoms with E-state index in [-0.39, 0.29) is 16.2 Å². The van der Waals surface area contributed by atoms with Gasteiger partial charge in [0.05, 0.1) is 16.2 Å². The Morgan fingerprint density at radius 1 is 1.22 bits per heavy atom. The Bertz CT molecular complexity index is 657. The Kier molecular flexibility index (Phi) is 3.49. The largest absolute Gasteiger partial charge is 0.478 e. The Labute approximate surface area is 108 Å². The van der Waals surface area contributed by atoms with Gasteiger partial charge < -0.3 is 5.11 Å². The van der Waals surface area contributed by atoms with Crippen LogP contribution < -0.4 is 0 Å².